The molecule has 1 amide bonds. The number of aromatic nitrogens is 1. The van der Waals surface area contributed by atoms with Gasteiger partial charge in [0.2, 0.25) is 10.0 Å². The topological polar surface area (TPSA) is 89.8 Å². The Morgan fingerprint density at radius 3 is 2.61 bits per heavy atom. The van der Waals surface area contributed by atoms with Crippen molar-refractivity contribution in [3.8, 4) is 5.75 Å². The van der Waals surface area contributed by atoms with Crippen LogP contribution in [0.3, 0.4) is 0 Å². The Balaban J connectivity index is 2.45. The molecule has 7 nitrogen and oxygen atoms in total. The summed E-state index contributed by atoms with van der Waals surface area (Å²) in [5.41, 5.74) is 0.128. The highest BCUT2D eigenvalue weighted by Gasteiger charge is 2.19. The molecule has 0 bridgehead atoms. The lowest BCUT2D eigenvalue weighted by Gasteiger charge is -2.14. The highest BCUT2D eigenvalue weighted by molar-refractivity contribution is 7.88. The molecule has 0 aliphatic carbocycles. The van der Waals surface area contributed by atoms with Gasteiger partial charge in [-0.15, -0.1) is 11.3 Å². The van der Waals surface area contributed by atoms with Gasteiger partial charge < -0.3 is 9.30 Å². The minimum Gasteiger partial charge on any atom is -0.496 e. The number of nitrogens with one attached hydrogen (secondary N) is 1. The average Bonchev–Trinajstić information content (AvgIpc) is 2.96. The maximum absolute atomic E-state index is 12.8. The highest BCUT2D eigenvalue weighted by Crippen LogP contribution is 2.25. The summed E-state index contributed by atoms with van der Waals surface area (Å²) in [7, 11) is -1.83. The average molecular weight is 446 g/mol. The molecule has 154 valence electrons. The Morgan fingerprint density at radius 1 is 1.36 bits per heavy atom. The summed E-state index contributed by atoms with van der Waals surface area (Å²) < 4.78 is 32.1. The van der Waals surface area contributed by atoms with Crippen molar-refractivity contribution in [1.82, 2.24) is 9.29 Å². The summed E-state index contributed by atoms with van der Waals surface area (Å²) in [5.74, 6) is -0.0949. The molecule has 2 rings (SSSR count). The number of carbonyl (C=O) groups excluding carboxylic acids is 1. The van der Waals surface area contributed by atoms with Crippen LogP contribution >= 0.6 is 22.9 Å². The number of ether oxygens (including phenoxy) is 1. The predicted octanol–water partition coefficient (Wildman–Crippen LogP) is 2.80. The number of methoxy groups -OCH3 is 1. The molecule has 0 aliphatic heterocycles. The van der Waals surface area contributed by atoms with E-state index < -0.39 is 15.9 Å². The van der Waals surface area contributed by atoms with Gasteiger partial charge in [0, 0.05) is 29.2 Å². The number of carbonyl (C=O) groups is 1. The van der Waals surface area contributed by atoms with E-state index in [0.717, 1.165) is 11.1 Å². The van der Waals surface area contributed by atoms with E-state index in [1.165, 1.54) is 24.5 Å². The van der Waals surface area contributed by atoms with Gasteiger partial charge in [0.15, 0.2) is 4.80 Å². The molecule has 10 heteroatoms. The van der Waals surface area contributed by atoms with E-state index in [0.29, 0.717) is 22.1 Å². The lowest BCUT2D eigenvalue weighted by Crippen LogP contribution is -2.28. The maximum Gasteiger partial charge on any atom is 0.283 e. The molecule has 1 aromatic heterocycles. The van der Waals surface area contributed by atoms with E-state index >= 15 is 0 Å². The molecule has 0 atom stereocenters. The molecule has 0 saturated heterocycles. The summed E-state index contributed by atoms with van der Waals surface area (Å²) in [6.07, 6.45) is 3.00. The van der Waals surface area contributed by atoms with E-state index in [9.17, 15) is 13.2 Å². The molecule has 0 radical (unpaired) electrons. The van der Waals surface area contributed by atoms with Crippen LogP contribution in [0.2, 0.25) is 5.02 Å². The summed E-state index contributed by atoms with van der Waals surface area (Å²) in [4.78, 5) is 18.5. The lowest BCUT2D eigenvalue weighted by molar-refractivity contribution is 0.0995. The smallest absolute Gasteiger partial charge is 0.283 e. The fraction of sp³-hybridized carbons (Fsp3) is 0.444. The van der Waals surface area contributed by atoms with Crippen LogP contribution in [0.4, 0.5) is 0 Å². The molecular weight excluding hydrogens is 422 g/mol. The second-order valence-electron chi connectivity index (χ2n) is 7.25. The van der Waals surface area contributed by atoms with Crippen molar-refractivity contribution >= 4 is 38.9 Å². The van der Waals surface area contributed by atoms with Crippen LogP contribution in [0.1, 0.15) is 36.0 Å². The van der Waals surface area contributed by atoms with Crippen molar-refractivity contribution in [2.24, 2.45) is 4.99 Å². The second kappa shape index (κ2) is 8.77. The molecule has 1 aromatic carbocycles. The molecule has 1 N–H and O–H groups in total. The zero-order chi connectivity index (χ0) is 21.1. The van der Waals surface area contributed by atoms with Crippen molar-refractivity contribution in [2.45, 2.75) is 32.7 Å². The Kier molecular flexibility index (Phi) is 7.08. The number of benzene rings is 1. The van der Waals surface area contributed by atoms with Gasteiger partial charge in [0.1, 0.15) is 5.75 Å². The summed E-state index contributed by atoms with van der Waals surface area (Å²) >= 11 is 7.40. The second-order valence-corrected chi connectivity index (χ2v) is 10.5. The molecule has 1 heterocycles. The number of thiazole rings is 1. The van der Waals surface area contributed by atoms with Crippen LogP contribution in [0.15, 0.2) is 29.4 Å². The van der Waals surface area contributed by atoms with Crippen molar-refractivity contribution < 1.29 is 17.9 Å². The van der Waals surface area contributed by atoms with Gasteiger partial charge in [0.25, 0.3) is 5.91 Å². The zero-order valence-electron chi connectivity index (χ0n) is 16.4. The number of hydrogen-bond acceptors (Lipinski definition) is 5. The maximum atomic E-state index is 12.8. The van der Waals surface area contributed by atoms with Gasteiger partial charge in [0.05, 0.1) is 18.9 Å². The summed E-state index contributed by atoms with van der Waals surface area (Å²) in [6, 6.07) is 4.77. The van der Waals surface area contributed by atoms with Crippen molar-refractivity contribution in [2.75, 3.05) is 19.9 Å². The van der Waals surface area contributed by atoms with E-state index in [1.807, 2.05) is 6.20 Å². The Labute approximate surface area is 174 Å². The van der Waals surface area contributed by atoms with Gasteiger partial charge in [-0.3, -0.25) is 4.79 Å². The first-order valence-electron chi connectivity index (χ1n) is 8.48. The number of sulfonamides is 1. The molecule has 0 unspecified atom stereocenters. The van der Waals surface area contributed by atoms with Crippen LogP contribution in [0, 0.1) is 0 Å². The SMILES string of the molecule is COc1ccc(Cl)cc1C(=O)/N=c1\sc(C(C)(C)C)cn1CCNS(C)(=O)=O. The van der Waals surface area contributed by atoms with Crippen molar-refractivity contribution in [3.63, 3.8) is 0 Å². The highest BCUT2D eigenvalue weighted by atomic mass is 35.5. The van der Waals surface area contributed by atoms with Gasteiger partial charge >= 0.3 is 0 Å². The van der Waals surface area contributed by atoms with E-state index in [-0.39, 0.29) is 17.5 Å². The van der Waals surface area contributed by atoms with Gasteiger partial charge in [-0.25, -0.2) is 13.1 Å². The molecule has 0 spiro atoms. The third-order valence-corrected chi connectivity index (χ3v) is 6.17. The third kappa shape index (κ3) is 6.16. The van der Waals surface area contributed by atoms with E-state index in [2.05, 4.69) is 30.5 Å². The zero-order valence-corrected chi connectivity index (χ0v) is 18.8. The van der Waals surface area contributed by atoms with Crippen molar-refractivity contribution in [1.29, 1.82) is 0 Å². The van der Waals surface area contributed by atoms with Crippen LogP contribution in [0.25, 0.3) is 0 Å². The number of rotatable bonds is 6. The molecule has 2 aromatic rings. The van der Waals surface area contributed by atoms with Gasteiger partial charge in [-0.05, 0) is 23.6 Å². The number of amides is 1. The van der Waals surface area contributed by atoms with Gasteiger partial charge in [-0.2, -0.15) is 4.99 Å². The normalized spacial score (nSPS) is 13.0. The number of halogens is 1. The monoisotopic (exact) mass is 445 g/mol. The minimum absolute atomic E-state index is 0.138. The van der Waals surface area contributed by atoms with Crippen molar-refractivity contribution in [3.05, 3.63) is 44.7 Å². The first kappa shape index (κ1) is 22.6. The molecule has 0 saturated carbocycles. The predicted molar refractivity (Wildman–Crippen MR) is 112 cm³/mol. The largest absolute Gasteiger partial charge is 0.496 e. The minimum atomic E-state index is -3.30. The fourth-order valence-corrected chi connectivity index (χ4v) is 4.03. The van der Waals surface area contributed by atoms with Crippen LogP contribution < -0.4 is 14.3 Å². The summed E-state index contributed by atoms with van der Waals surface area (Å²) in [6.45, 7) is 6.72. The Hall–Kier alpha value is -1.68. The molecule has 28 heavy (non-hydrogen) atoms. The summed E-state index contributed by atoms with van der Waals surface area (Å²) in [5, 5.41) is 0.408. The first-order valence-corrected chi connectivity index (χ1v) is 11.6. The number of nitrogens with zero attached hydrogens (tertiary/aromatic N) is 2. The fourth-order valence-electron chi connectivity index (χ4n) is 2.32. The quantitative estimate of drug-likeness (QED) is 0.740. The van der Waals surface area contributed by atoms with Crippen LogP contribution in [0.5, 0.6) is 5.75 Å². The lowest BCUT2D eigenvalue weighted by atomic mass is 9.95. The number of hydrogen-bond donors (Lipinski definition) is 1. The molecule has 0 fully saturated rings. The van der Waals surface area contributed by atoms with E-state index in [4.69, 9.17) is 16.3 Å². The van der Waals surface area contributed by atoms with Gasteiger partial charge in [-0.1, -0.05) is 32.4 Å². The van der Waals surface area contributed by atoms with E-state index in [1.54, 1.807) is 16.7 Å². The third-order valence-electron chi connectivity index (χ3n) is 3.77. The van der Waals surface area contributed by atoms with Crippen LogP contribution in [-0.2, 0) is 22.0 Å². The molecule has 0 aliphatic rings. The first-order chi connectivity index (χ1) is 12.9. The standard InChI is InChI=1S/C18H24ClN3O4S2/c1-18(2,3)15-11-22(9-8-20-28(5,24)25)17(27-15)21-16(23)13-10-12(19)6-7-14(13)26-4/h6-7,10-11,20H,8-9H2,1-5H3/b21-17-. The Morgan fingerprint density at radius 2 is 2.04 bits per heavy atom. The Bertz CT molecular complexity index is 1030. The molecular formula is C18H24ClN3O4S2. The van der Waals surface area contributed by atoms with Crippen LogP contribution in [-0.4, -0.2) is 38.8 Å².